The molecule has 0 unspecified atom stereocenters. The Kier molecular flexibility index (Phi) is 1.78. The molecule has 0 saturated carbocycles. The molecule has 0 N–H and O–H groups in total. The summed E-state index contributed by atoms with van der Waals surface area (Å²) in [5.74, 6) is 0. The molecule has 1 aliphatic carbocycles. The SMILES string of the molecule is Cl[Si](Cl)C1=CCC1. The predicted molar refractivity (Wildman–Crippen MR) is 34.8 cm³/mol. The lowest BCUT2D eigenvalue weighted by Crippen LogP contribution is -2.05. The van der Waals surface area contributed by atoms with E-state index in [2.05, 4.69) is 6.08 Å². The van der Waals surface area contributed by atoms with Gasteiger partial charge in [-0.2, -0.15) is 0 Å². The lowest BCUT2D eigenvalue weighted by atomic mass is 10.1. The molecular weight excluding hydrogens is 147 g/mol. The van der Waals surface area contributed by atoms with Crippen LogP contribution in [0.25, 0.3) is 0 Å². The molecule has 0 fully saturated rings. The maximum absolute atomic E-state index is 5.58. The molecule has 0 spiro atoms. The fraction of sp³-hybridized carbons (Fsp3) is 0.500. The fourth-order valence-corrected chi connectivity index (χ4v) is 2.12. The zero-order chi connectivity index (χ0) is 5.28. The van der Waals surface area contributed by atoms with Crippen LogP contribution in [-0.4, -0.2) is 7.42 Å². The zero-order valence-corrected chi connectivity index (χ0v) is 6.26. The molecule has 0 saturated heterocycles. The molecule has 0 heterocycles. The van der Waals surface area contributed by atoms with Crippen molar-refractivity contribution in [3.8, 4) is 0 Å². The third-order valence-electron chi connectivity index (χ3n) is 1.05. The summed E-state index contributed by atoms with van der Waals surface area (Å²) < 4.78 is 0. The molecule has 1 radical (unpaired) electrons. The van der Waals surface area contributed by atoms with Crippen molar-refractivity contribution in [1.29, 1.82) is 0 Å². The highest BCUT2D eigenvalue weighted by Crippen LogP contribution is 2.23. The van der Waals surface area contributed by atoms with Crippen LogP contribution in [0.5, 0.6) is 0 Å². The zero-order valence-electron chi connectivity index (χ0n) is 3.75. The van der Waals surface area contributed by atoms with Crippen LogP contribution < -0.4 is 0 Å². The molecule has 0 aliphatic heterocycles. The van der Waals surface area contributed by atoms with Gasteiger partial charge in [-0.3, -0.25) is 0 Å². The van der Waals surface area contributed by atoms with Gasteiger partial charge in [0.2, 0.25) is 0 Å². The van der Waals surface area contributed by atoms with E-state index in [1.807, 2.05) is 0 Å². The summed E-state index contributed by atoms with van der Waals surface area (Å²) in [4.78, 5) is 0. The highest BCUT2D eigenvalue weighted by atomic mass is 35.7. The van der Waals surface area contributed by atoms with Crippen molar-refractivity contribution in [3.05, 3.63) is 11.3 Å². The minimum absolute atomic E-state index is 1.07. The van der Waals surface area contributed by atoms with E-state index in [1.165, 1.54) is 11.6 Å². The summed E-state index contributed by atoms with van der Waals surface area (Å²) in [5.41, 5.74) is 0. The van der Waals surface area contributed by atoms with E-state index in [4.69, 9.17) is 22.2 Å². The van der Waals surface area contributed by atoms with E-state index in [1.54, 1.807) is 0 Å². The van der Waals surface area contributed by atoms with Crippen LogP contribution in [-0.2, 0) is 0 Å². The van der Waals surface area contributed by atoms with Crippen LogP contribution in [0.1, 0.15) is 12.8 Å². The molecule has 0 bridgehead atoms. The Hall–Kier alpha value is 0.537. The lowest BCUT2D eigenvalue weighted by molar-refractivity contribution is 0.934. The number of hydrogen-bond acceptors (Lipinski definition) is 0. The van der Waals surface area contributed by atoms with Crippen molar-refractivity contribution in [2.75, 3.05) is 0 Å². The van der Waals surface area contributed by atoms with E-state index < -0.39 is 7.42 Å². The first-order valence-electron chi connectivity index (χ1n) is 2.18. The summed E-state index contributed by atoms with van der Waals surface area (Å²) in [6.07, 6.45) is 4.44. The van der Waals surface area contributed by atoms with Crippen LogP contribution in [0.15, 0.2) is 11.3 Å². The van der Waals surface area contributed by atoms with E-state index >= 15 is 0 Å². The van der Waals surface area contributed by atoms with E-state index in [0.717, 1.165) is 6.42 Å². The standard InChI is InChI=1S/C4H5Cl2Si/c5-7(6)4-2-1-3-4/h2H,1,3H2. The van der Waals surface area contributed by atoms with Gasteiger partial charge in [-0.1, -0.05) is 11.3 Å². The molecule has 1 aliphatic rings. The van der Waals surface area contributed by atoms with E-state index in [0.29, 0.717) is 0 Å². The first-order chi connectivity index (χ1) is 3.30. The van der Waals surface area contributed by atoms with E-state index in [-0.39, 0.29) is 0 Å². The van der Waals surface area contributed by atoms with Gasteiger partial charge in [0, 0.05) is 0 Å². The predicted octanol–water partition coefficient (Wildman–Crippen LogP) is 2.21. The lowest BCUT2D eigenvalue weighted by Gasteiger charge is -2.11. The molecule has 0 aromatic carbocycles. The Balaban J connectivity index is 2.40. The Morgan fingerprint density at radius 3 is 2.14 bits per heavy atom. The monoisotopic (exact) mass is 151 g/mol. The van der Waals surface area contributed by atoms with Crippen molar-refractivity contribution in [2.45, 2.75) is 12.8 Å². The van der Waals surface area contributed by atoms with Gasteiger partial charge in [-0.05, 0) is 12.8 Å². The second-order valence-electron chi connectivity index (χ2n) is 1.53. The van der Waals surface area contributed by atoms with Crippen molar-refractivity contribution in [1.82, 2.24) is 0 Å². The van der Waals surface area contributed by atoms with Gasteiger partial charge in [-0.25, -0.2) is 0 Å². The van der Waals surface area contributed by atoms with Gasteiger partial charge in [0.25, 0.3) is 0 Å². The van der Waals surface area contributed by atoms with Gasteiger partial charge < -0.3 is 0 Å². The molecule has 0 aromatic heterocycles. The van der Waals surface area contributed by atoms with Crippen LogP contribution >= 0.6 is 22.2 Å². The maximum Gasteiger partial charge on any atom is 0.302 e. The Morgan fingerprint density at radius 2 is 2.14 bits per heavy atom. The maximum atomic E-state index is 5.58. The van der Waals surface area contributed by atoms with Crippen LogP contribution in [0.3, 0.4) is 0 Å². The third kappa shape index (κ3) is 1.21. The Labute approximate surface area is 54.1 Å². The molecule has 0 amide bonds. The highest BCUT2D eigenvalue weighted by molar-refractivity contribution is 7.37. The van der Waals surface area contributed by atoms with Gasteiger partial charge in [0.15, 0.2) is 0 Å². The van der Waals surface area contributed by atoms with Gasteiger partial charge >= 0.3 is 7.42 Å². The molecule has 0 atom stereocenters. The second-order valence-corrected chi connectivity index (χ2v) is 5.54. The first-order valence-corrected chi connectivity index (χ1v) is 5.70. The topological polar surface area (TPSA) is 0 Å². The minimum atomic E-state index is -1.07. The van der Waals surface area contributed by atoms with Crippen molar-refractivity contribution in [3.63, 3.8) is 0 Å². The summed E-state index contributed by atoms with van der Waals surface area (Å²) >= 11 is 11.2. The average molecular weight is 152 g/mol. The molecule has 7 heavy (non-hydrogen) atoms. The van der Waals surface area contributed by atoms with Crippen molar-refractivity contribution >= 4 is 29.6 Å². The molecule has 3 heteroatoms. The second kappa shape index (κ2) is 2.20. The summed E-state index contributed by atoms with van der Waals surface area (Å²) in [6.45, 7) is 0. The van der Waals surface area contributed by atoms with Crippen LogP contribution in [0, 0.1) is 0 Å². The minimum Gasteiger partial charge on any atom is -0.140 e. The van der Waals surface area contributed by atoms with Crippen LogP contribution in [0.2, 0.25) is 0 Å². The summed E-state index contributed by atoms with van der Waals surface area (Å²) in [5, 5.41) is 1.29. The molecule has 1 rings (SSSR count). The quantitative estimate of drug-likeness (QED) is 0.399. The largest absolute Gasteiger partial charge is 0.302 e. The molecular formula is C4H5Cl2Si. The molecule has 39 valence electrons. The number of allylic oxidation sites excluding steroid dienone is 2. The Bertz CT molecular complexity index is 97.9. The first kappa shape index (κ1) is 5.67. The highest BCUT2D eigenvalue weighted by Gasteiger charge is 2.15. The number of halogens is 2. The molecule has 0 nitrogen and oxygen atoms in total. The summed E-state index contributed by atoms with van der Waals surface area (Å²) in [7, 11) is -1.07. The third-order valence-corrected chi connectivity index (χ3v) is 3.44. The van der Waals surface area contributed by atoms with Crippen molar-refractivity contribution in [2.24, 2.45) is 0 Å². The normalized spacial score (nSPS) is 19.0. The fourth-order valence-electron chi connectivity index (χ4n) is 0.460. The summed E-state index contributed by atoms with van der Waals surface area (Å²) in [6, 6.07) is 0. The average Bonchev–Trinajstić information content (AvgIpc) is 1.23. The van der Waals surface area contributed by atoms with Gasteiger partial charge in [0.05, 0.1) is 0 Å². The Morgan fingerprint density at radius 1 is 1.57 bits per heavy atom. The molecule has 0 aromatic rings. The van der Waals surface area contributed by atoms with Crippen molar-refractivity contribution < 1.29 is 0 Å². The van der Waals surface area contributed by atoms with Gasteiger partial charge in [0.1, 0.15) is 0 Å². The van der Waals surface area contributed by atoms with E-state index in [9.17, 15) is 0 Å². The van der Waals surface area contributed by atoms with Crippen LogP contribution in [0.4, 0.5) is 0 Å². The number of rotatable bonds is 1. The van der Waals surface area contributed by atoms with Gasteiger partial charge in [-0.15, -0.1) is 22.2 Å². The smallest absolute Gasteiger partial charge is 0.140 e. The number of hydrogen-bond donors (Lipinski definition) is 0.